The van der Waals surface area contributed by atoms with Gasteiger partial charge in [0, 0.05) is 13.1 Å². The maximum atomic E-state index is 11.2. The van der Waals surface area contributed by atoms with Gasteiger partial charge in [-0.3, -0.25) is 9.69 Å². The minimum atomic E-state index is -0.654. The van der Waals surface area contributed by atoms with E-state index < -0.39 is 5.97 Å². The highest BCUT2D eigenvalue weighted by Crippen LogP contribution is 2.24. The highest BCUT2D eigenvalue weighted by Gasteiger charge is 2.30. The molecule has 1 N–H and O–H groups in total. The number of nitrogens with zero attached hydrogens (tertiary/aromatic N) is 1. The Morgan fingerprint density at radius 1 is 1.40 bits per heavy atom. The van der Waals surface area contributed by atoms with Gasteiger partial charge in [-0.2, -0.15) is 0 Å². The van der Waals surface area contributed by atoms with Crippen molar-refractivity contribution in [2.75, 3.05) is 13.1 Å². The lowest BCUT2D eigenvalue weighted by Crippen LogP contribution is -2.48. The first-order valence-electron chi connectivity index (χ1n) is 6.01. The standard InChI is InChI=1S/C12H23NO2/c1-4-5-11(12(14)15)13-7-9(2)6-10(3)8-13/h9-11H,4-8H2,1-3H3,(H,14,15)/t9-,10-,11+/m1/s1. The lowest BCUT2D eigenvalue weighted by atomic mass is 9.90. The molecule has 3 atom stereocenters. The lowest BCUT2D eigenvalue weighted by Gasteiger charge is -2.38. The smallest absolute Gasteiger partial charge is 0.320 e. The highest BCUT2D eigenvalue weighted by molar-refractivity contribution is 5.73. The molecule has 0 aliphatic carbocycles. The van der Waals surface area contributed by atoms with Crippen molar-refractivity contribution < 1.29 is 9.90 Å². The second-order valence-corrected chi connectivity index (χ2v) is 5.04. The SMILES string of the molecule is CCC[C@@H](C(=O)O)N1C[C@H](C)C[C@@H](C)C1. The zero-order valence-electron chi connectivity index (χ0n) is 10.1. The van der Waals surface area contributed by atoms with Crippen LogP contribution in [0.5, 0.6) is 0 Å². The summed E-state index contributed by atoms with van der Waals surface area (Å²) in [7, 11) is 0. The summed E-state index contributed by atoms with van der Waals surface area (Å²) in [6.07, 6.45) is 2.94. The molecule has 0 aromatic heterocycles. The number of carboxylic acid groups (broad SMARTS) is 1. The Kier molecular flexibility index (Phi) is 4.58. The molecule has 0 bridgehead atoms. The van der Waals surface area contributed by atoms with E-state index in [4.69, 9.17) is 0 Å². The Balaban J connectivity index is 2.61. The van der Waals surface area contributed by atoms with Crippen molar-refractivity contribution in [2.24, 2.45) is 11.8 Å². The lowest BCUT2D eigenvalue weighted by molar-refractivity contribution is -0.144. The third-order valence-electron chi connectivity index (χ3n) is 3.19. The van der Waals surface area contributed by atoms with Gasteiger partial charge in [0.05, 0.1) is 0 Å². The van der Waals surface area contributed by atoms with E-state index in [1.807, 2.05) is 6.92 Å². The summed E-state index contributed by atoms with van der Waals surface area (Å²) in [6.45, 7) is 8.37. The zero-order valence-corrected chi connectivity index (χ0v) is 10.1. The van der Waals surface area contributed by atoms with Gasteiger partial charge in [0.25, 0.3) is 0 Å². The normalized spacial score (nSPS) is 30.1. The minimum Gasteiger partial charge on any atom is -0.480 e. The average Bonchev–Trinajstić information content (AvgIpc) is 2.11. The maximum Gasteiger partial charge on any atom is 0.320 e. The van der Waals surface area contributed by atoms with Crippen LogP contribution in [0.15, 0.2) is 0 Å². The number of hydrogen-bond acceptors (Lipinski definition) is 2. The maximum absolute atomic E-state index is 11.2. The zero-order chi connectivity index (χ0) is 11.4. The van der Waals surface area contributed by atoms with E-state index in [1.54, 1.807) is 0 Å². The van der Waals surface area contributed by atoms with Crippen LogP contribution in [0.1, 0.15) is 40.0 Å². The Hall–Kier alpha value is -0.570. The molecule has 3 nitrogen and oxygen atoms in total. The monoisotopic (exact) mass is 213 g/mol. The van der Waals surface area contributed by atoms with E-state index in [0.717, 1.165) is 25.9 Å². The fourth-order valence-corrected chi connectivity index (χ4v) is 2.70. The first-order valence-corrected chi connectivity index (χ1v) is 6.01. The predicted molar refractivity (Wildman–Crippen MR) is 60.8 cm³/mol. The van der Waals surface area contributed by atoms with Crippen molar-refractivity contribution >= 4 is 5.97 Å². The molecule has 0 aromatic carbocycles. The summed E-state index contributed by atoms with van der Waals surface area (Å²) in [6, 6.07) is -0.264. The van der Waals surface area contributed by atoms with Gasteiger partial charge in [-0.05, 0) is 24.7 Å². The van der Waals surface area contributed by atoms with Gasteiger partial charge in [-0.1, -0.05) is 27.2 Å². The molecule has 15 heavy (non-hydrogen) atoms. The van der Waals surface area contributed by atoms with Crippen molar-refractivity contribution in [3.05, 3.63) is 0 Å². The summed E-state index contributed by atoms with van der Waals surface area (Å²) >= 11 is 0. The van der Waals surface area contributed by atoms with Crippen LogP contribution in [0.4, 0.5) is 0 Å². The molecule has 1 rings (SSSR count). The molecule has 1 saturated heterocycles. The summed E-state index contributed by atoms with van der Waals surface area (Å²) in [5.41, 5.74) is 0. The van der Waals surface area contributed by atoms with Gasteiger partial charge in [0.15, 0.2) is 0 Å². The predicted octanol–water partition coefficient (Wildman–Crippen LogP) is 2.22. The van der Waals surface area contributed by atoms with Crippen LogP contribution in [0.2, 0.25) is 0 Å². The number of likely N-dealkylation sites (tertiary alicyclic amines) is 1. The van der Waals surface area contributed by atoms with Gasteiger partial charge in [0.1, 0.15) is 6.04 Å². The average molecular weight is 213 g/mol. The molecule has 0 saturated carbocycles. The van der Waals surface area contributed by atoms with Gasteiger partial charge in [0.2, 0.25) is 0 Å². The number of hydrogen-bond donors (Lipinski definition) is 1. The molecular weight excluding hydrogens is 190 g/mol. The van der Waals surface area contributed by atoms with Crippen LogP contribution < -0.4 is 0 Å². The van der Waals surface area contributed by atoms with E-state index in [2.05, 4.69) is 18.7 Å². The topological polar surface area (TPSA) is 40.5 Å². The molecular formula is C12H23NO2. The molecule has 0 radical (unpaired) electrons. The molecule has 1 heterocycles. The van der Waals surface area contributed by atoms with Crippen molar-refractivity contribution in [2.45, 2.75) is 46.1 Å². The molecule has 1 fully saturated rings. The van der Waals surface area contributed by atoms with Gasteiger partial charge in [-0.15, -0.1) is 0 Å². The summed E-state index contributed by atoms with van der Waals surface area (Å²) in [5.74, 6) is 0.609. The second kappa shape index (κ2) is 5.50. The summed E-state index contributed by atoms with van der Waals surface area (Å²) < 4.78 is 0. The number of rotatable bonds is 4. The largest absolute Gasteiger partial charge is 0.480 e. The van der Waals surface area contributed by atoms with E-state index in [9.17, 15) is 9.90 Å². The first-order chi connectivity index (χ1) is 7.04. The fourth-order valence-electron chi connectivity index (χ4n) is 2.70. The fraction of sp³-hybridized carbons (Fsp3) is 0.917. The summed E-state index contributed by atoms with van der Waals surface area (Å²) in [5, 5.41) is 9.19. The number of carboxylic acids is 1. The molecule has 0 unspecified atom stereocenters. The Bertz CT molecular complexity index is 208. The van der Waals surface area contributed by atoms with Gasteiger partial charge < -0.3 is 5.11 Å². The first kappa shape index (κ1) is 12.5. The molecule has 1 aliphatic rings. The van der Waals surface area contributed by atoms with Gasteiger partial charge >= 0.3 is 5.97 Å². The molecule has 0 spiro atoms. The van der Waals surface area contributed by atoms with Crippen LogP contribution >= 0.6 is 0 Å². The Morgan fingerprint density at radius 2 is 1.93 bits per heavy atom. The minimum absolute atomic E-state index is 0.264. The van der Waals surface area contributed by atoms with Crippen LogP contribution in [-0.2, 0) is 4.79 Å². The van der Waals surface area contributed by atoms with Crippen molar-refractivity contribution in [1.29, 1.82) is 0 Å². The molecule has 0 amide bonds. The molecule has 0 aromatic rings. The van der Waals surface area contributed by atoms with E-state index in [1.165, 1.54) is 6.42 Å². The number of carbonyl (C=O) groups is 1. The third kappa shape index (κ3) is 3.49. The van der Waals surface area contributed by atoms with E-state index in [0.29, 0.717) is 11.8 Å². The molecule has 3 heteroatoms. The Labute approximate surface area is 92.5 Å². The van der Waals surface area contributed by atoms with E-state index in [-0.39, 0.29) is 6.04 Å². The number of piperidine rings is 1. The van der Waals surface area contributed by atoms with E-state index >= 15 is 0 Å². The van der Waals surface area contributed by atoms with Crippen LogP contribution in [-0.4, -0.2) is 35.1 Å². The number of aliphatic carboxylic acids is 1. The summed E-state index contributed by atoms with van der Waals surface area (Å²) in [4.78, 5) is 13.3. The van der Waals surface area contributed by atoms with Crippen LogP contribution in [0.25, 0.3) is 0 Å². The quantitative estimate of drug-likeness (QED) is 0.778. The van der Waals surface area contributed by atoms with Crippen molar-refractivity contribution in [3.63, 3.8) is 0 Å². The third-order valence-corrected chi connectivity index (χ3v) is 3.19. The highest BCUT2D eigenvalue weighted by atomic mass is 16.4. The Morgan fingerprint density at radius 3 is 2.33 bits per heavy atom. The molecule has 1 aliphatic heterocycles. The van der Waals surface area contributed by atoms with Crippen LogP contribution in [0, 0.1) is 11.8 Å². The van der Waals surface area contributed by atoms with Crippen molar-refractivity contribution in [3.8, 4) is 0 Å². The van der Waals surface area contributed by atoms with Gasteiger partial charge in [-0.25, -0.2) is 0 Å². The van der Waals surface area contributed by atoms with Crippen LogP contribution in [0.3, 0.4) is 0 Å². The second-order valence-electron chi connectivity index (χ2n) is 5.04. The molecule has 88 valence electrons. The van der Waals surface area contributed by atoms with Crippen molar-refractivity contribution in [1.82, 2.24) is 4.90 Å².